The van der Waals surface area contributed by atoms with Crippen LogP contribution in [0.5, 0.6) is 0 Å². The van der Waals surface area contributed by atoms with Gasteiger partial charge in [-0.25, -0.2) is 0 Å². The first-order valence-electron chi connectivity index (χ1n) is 6.84. The molecule has 0 atom stereocenters. The quantitative estimate of drug-likeness (QED) is 0.808. The standard InChI is InChI=1S/C16H18N2OS.ClH/c1-10-9-15(20-11(10)2)16(19)18-8-4-5-12-13(17)6-3-7-14(12)18;/h3,6-7,9H,4-5,8,17H2,1-2H3;1H. The predicted molar refractivity (Wildman–Crippen MR) is 91.9 cm³/mol. The molecule has 0 fully saturated rings. The predicted octanol–water partition coefficient (Wildman–Crippen LogP) is 3.96. The van der Waals surface area contributed by atoms with E-state index in [0.717, 1.165) is 41.2 Å². The van der Waals surface area contributed by atoms with Gasteiger partial charge in [-0.2, -0.15) is 0 Å². The molecule has 1 aromatic carbocycles. The summed E-state index contributed by atoms with van der Waals surface area (Å²) in [5.41, 5.74) is 10.1. The largest absolute Gasteiger partial charge is 0.398 e. The molecule has 1 aliphatic rings. The Balaban J connectivity index is 0.00000161. The number of nitrogens with zero attached hydrogens (tertiary/aromatic N) is 1. The molecule has 0 radical (unpaired) electrons. The minimum absolute atomic E-state index is 0. The van der Waals surface area contributed by atoms with Crippen molar-refractivity contribution >= 4 is 41.0 Å². The third-order valence-electron chi connectivity index (χ3n) is 3.91. The fourth-order valence-electron chi connectivity index (χ4n) is 2.67. The third-order valence-corrected chi connectivity index (χ3v) is 5.05. The van der Waals surface area contributed by atoms with Gasteiger partial charge >= 0.3 is 0 Å². The molecule has 0 saturated heterocycles. The number of anilines is 2. The molecule has 0 bridgehead atoms. The molecule has 0 aliphatic carbocycles. The fourth-order valence-corrected chi connectivity index (χ4v) is 3.66. The summed E-state index contributed by atoms with van der Waals surface area (Å²) in [4.78, 5) is 16.6. The van der Waals surface area contributed by atoms with E-state index in [0.29, 0.717) is 0 Å². The van der Waals surface area contributed by atoms with Crippen LogP contribution in [0.15, 0.2) is 24.3 Å². The van der Waals surface area contributed by atoms with Gasteiger partial charge in [-0.05, 0) is 56.0 Å². The second kappa shape index (κ2) is 6.08. The van der Waals surface area contributed by atoms with Crippen LogP contribution in [0.2, 0.25) is 0 Å². The maximum absolute atomic E-state index is 12.7. The molecule has 112 valence electrons. The van der Waals surface area contributed by atoms with E-state index in [-0.39, 0.29) is 18.3 Å². The van der Waals surface area contributed by atoms with Gasteiger partial charge in [-0.1, -0.05) is 6.07 Å². The minimum atomic E-state index is 0. The Hall–Kier alpha value is -1.52. The average molecular weight is 323 g/mol. The number of hydrogen-bond acceptors (Lipinski definition) is 3. The van der Waals surface area contributed by atoms with Crippen molar-refractivity contribution in [1.82, 2.24) is 0 Å². The minimum Gasteiger partial charge on any atom is -0.398 e. The van der Waals surface area contributed by atoms with Crippen molar-refractivity contribution in [2.75, 3.05) is 17.2 Å². The highest BCUT2D eigenvalue weighted by molar-refractivity contribution is 7.14. The van der Waals surface area contributed by atoms with Crippen LogP contribution in [-0.2, 0) is 6.42 Å². The molecule has 1 amide bonds. The summed E-state index contributed by atoms with van der Waals surface area (Å²) in [5.74, 6) is 0.0951. The van der Waals surface area contributed by atoms with Crippen LogP contribution in [0.4, 0.5) is 11.4 Å². The number of thiophene rings is 1. The van der Waals surface area contributed by atoms with Gasteiger partial charge in [0, 0.05) is 22.8 Å². The second-order valence-electron chi connectivity index (χ2n) is 5.26. The number of carbonyl (C=O) groups is 1. The third kappa shape index (κ3) is 2.78. The SMILES string of the molecule is Cc1cc(C(=O)N2CCCc3c(N)cccc32)sc1C.Cl. The van der Waals surface area contributed by atoms with Gasteiger partial charge in [0.05, 0.1) is 4.88 Å². The second-order valence-corrected chi connectivity index (χ2v) is 6.51. The van der Waals surface area contributed by atoms with E-state index in [1.807, 2.05) is 36.1 Å². The normalized spacial score (nSPS) is 13.5. The molecular weight excluding hydrogens is 304 g/mol. The lowest BCUT2D eigenvalue weighted by atomic mass is 9.99. The average Bonchev–Trinajstić information content (AvgIpc) is 2.78. The maximum atomic E-state index is 12.7. The van der Waals surface area contributed by atoms with E-state index < -0.39 is 0 Å². The first kappa shape index (κ1) is 15.9. The van der Waals surface area contributed by atoms with E-state index >= 15 is 0 Å². The van der Waals surface area contributed by atoms with Crippen LogP contribution < -0.4 is 10.6 Å². The molecule has 3 rings (SSSR count). The first-order valence-corrected chi connectivity index (χ1v) is 7.66. The van der Waals surface area contributed by atoms with Gasteiger partial charge in [0.2, 0.25) is 0 Å². The summed E-state index contributed by atoms with van der Waals surface area (Å²) >= 11 is 1.57. The Labute approximate surface area is 135 Å². The van der Waals surface area contributed by atoms with Gasteiger partial charge in [0.1, 0.15) is 0 Å². The van der Waals surface area contributed by atoms with E-state index in [1.165, 1.54) is 10.4 Å². The molecule has 2 heterocycles. The molecule has 0 spiro atoms. The van der Waals surface area contributed by atoms with Crippen molar-refractivity contribution in [3.63, 3.8) is 0 Å². The Morgan fingerprint density at radius 1 is 1.33 bits per heavy atom. The highest BCUT2D eigenvalue weighted by atomic mass is 35.5. The zero-order valence-corrected chi connectivity index (χ0v) is 13.8. The summed E-state index contributed by atoms with van der Waals surface area (Å²) in [7, 11) is 0. The van der Waals surface area contributed by atoms with Crippen LogP contribution in [-0.4, -0.2) is 12.5 Å². The molecule has 3 nitrogen and oxygen atoms in total. The van der Waals surface area contributed by atoms with E-state index in [2.05, 4.69) is 6.92 Å². The van der Waals surface area contributed by atoms with Gasteiger partial charge in [0.15, 0.2) is 0 Å². The highest BCUT2D eigenvalue weighted by Gasteiger charge is 2.25. The Bertz CT molecular complexity index is 661. The van der Waals surface area contributed by atoms with Gasteiger partial charge < -0.3 is 10.6 Å². The Morgan fingerprint density at radius 3 is 2.76 bits per heavy atom. The molecule has 21 heavy (non-hydrogen) atoms. The van der Waals surface area contributed by atoms with Crippen molar-refractivity contribution in [3.8, 4) is 0 Å². The smallest absolute Gasteiger partial charge is 0.268 e. The Morgan fingerprint density at radius 2 is 2.10 bits per heavy atom. The molecule has 0 unspecified atom stereocenters. The van der Waals surface area contributed by atoms with Crippen molar-refractivity contribution in [1.29, 1.82) is 0 Å². The Kier molecular flexibility index (Phi) is 4.59. The molecule has 1 aliphatic heterocycles. The number of amides is 1. The van der Waals surface area contributed by atoms with E-state index in [9.17, 15) is 4.79 Å². The number of hydrogen-bond donors (Lipinski definition) is 1. The summed E-state index contributed by atoms with van der Waals surface area (Å²) in [6.45, 7) is 4.87. The topological polar surface area (TPSA) is 46.3 Å². The number of halogens is 1. The zero-order chi connectivity index (χ0) is 14.3. The summed E-state index contributed by atoms with van der Waals surface area (Å²) in [6, 6.07) is 7.82. The van der Waals surface area contributed by atoms with E-state index in [1.54, 1.807) is 11.3 Å². The lowest BCUT2D eigenvalue weighted by molar-refractivity contribution is 0.0989. The van der Waals surface area contributed by atoms with Crippen molar-refractivity contribution in [3.05, 3.63) is 45.1 Å². The number of aryl methyl sites for hydroxylation is 2. The van der Waals surface area contributed by atoms with Crippen LogP contribution in [0.25, 0.3) is 0 Å². The van der Waals surface area contributed by atoms with Gasteiger partial charge in [0.25, 0.3) is 5.91 Å². The summed E-state index contributed by atoms with van der Waals surface area (Å²) in [6.07, 6.45) is 1.92. The maximum Gasteiger partial charge on any atom is 0.268 e. The number of nitrogen functional groups attached to an aromatic ring is 1. The fraction of sp³-hybridized carbons (Fsp3) is 0.312. The zero-order valence-electron chi connectivity index (χ0n) is 12.2. The molecule has 0 saturated carbocycles. The summed E-state index contributed by atoms with van der Waals surface area (Å²) < 4.78 is 0. The molecular formula is C16H19ClN2OS. The molecule has 2 aromatic rings. The van der Waals surface area contributed by atoms with Crippen molar-refractivity contribution in [2.45, 2.75) is 26.7 Å². The van der Waals surface area contributed by atoms with Gasteiger partial charge in [-0.15, -0.1) is 23.7 Å². The van der Waals surface area contributed by atoms with E-state index in [4.69, 9.17) is 5.73 Å². The van der Waals surface area contributed by atoms with Crippen molar-refractivity contribution < 1.29 is 4.79 Å². The van der Waals surface area contributed by atoms with Crippen LogP contribution in [0.1, 0.15) is 32.1 Å². The van der Waals surface area contributed by atoms with Crippen LogP contribution >= 0.6 is 23.7 Å². The number of nitrogens with two attached hydrogens (primary N) is 1. The number of rotatable bonds is 1. The number of fused-ring (bicyclic) bond motifs is 1. The van der Waals surface area contributed by atoms with Crippen LogP contribution in [0.3, 0.4) is 0 Å². The highest BCUT2D eigenvalue weighted by Crippen LogP contribution is 2.33. The first-order chi connectivity index (χ1) is 9.58. The monoisotopic (exact) mass is 322 g/mol. The molecule has 2 N–H and O–H groups in total. The number of carbonyl (C=O) groups excluding carboxylic acids is 1. The molecule has 1 aromatic heterocycles. The lowest BCUT2D eigenvalue weighted by Gasteiger charge is -2.30. The van der Waals surface area contributed by atoms with Crippen molar-refractivity contribution in [2.24, 2.45) is 0 Å². The summed E-state index contributed by atoms with van der Waals surface area (Å²) in [5, 5.41) is 0. The number of benzene rings is 1. The molecule has 5 heteroatoms. The lowest BCUT2D eigenvalue weighted by Crippen LogP contribution is -2.35. The van der Waals surface area contributed by atoms with Crippen LogP contribution in [0, 0.1) is 13.8 Å². The van der Waals surface area contributed by atoms with Gasteiger partial charge in [-0.3, -0.25) is 4.79 Å².